The van der Waals surface area contributed by atoms with E-state index in [0.717, 1.165) is 68.8 Å². The molecule has 134 valence electrons. The first-order valence-corrected chi connectivity index (χ1v) is 9.14. The quantitative estimate of drug-likeness (QED) is 0.912. The number of rotatable bonds is 2. The standard InChI is InChI=1S/C19H26N4O2/c1-21-8-5-15-3-2-4-17(18(15)21)20-19(24)23-11-9-22(10-12-23)16-6-13-25-14-7-16/h2-5,8,16H,6-7,9-14H2,1H3,(H,20,24). The Morgan fingerprint density at radius 3 is 2.64 bits per heavy atom. The molecular formula is C19H26N4O2. The van der Waals surface area contributed by atoms with E-state index in [2.05, 4.69) is 22.3 Å². The normalized spacial score (nSPS) is 20.1. The van der Waals surface area contributed by atoms with E-state index in [0.29, 0.717) is 6.04 Å². The van der Waals surface area contributed by atoms with Crippen LogP contribution in [0.1, 0.15) is 12.8 Å². The van der Waals surface area contributed by atoms with Crippen molar-refractivity contribution in [1.29, 1.82) is 0 Å². The number of carbonyl (C=O) groups excluding carboxylic acids is 1. The van der Waals surface area contributed by atoms with E-state index in [1.807, 2.05) is 34.8 Å². The molecule has 1 aromatic heterocycles. The van der Waals surface area contributed by atoms with Gasteiger partial charge in [0.05, 0.1) is 11.2 Å². The summed E-state index contributed by atoms with van der Waals surface area (Å²) in [6, 6.07) is 8.71. The highest BCUT2D eigenvalue weighted by atomic mass is 16.5. The van der Waals surface area contributed by atoms with E-state index in [1.54, 1.807) is 0 Å². The molecule has 2 aromatic rings. The summed E-state index contributed by atoms with van der Waals surface area (Å²) in [4.78, 5) is 17.1. The zero-order valence-corrected chi connectivity index (χ0v) is 14.8. The average molecular weight is 342 g/mol. The van der Waals surface area contributed by atoms with Gasteiger partial charge < -0.3 is 19.5 Å². The molecule has 0 aliphatic carbocycles. The largest absolute Gasteiger partial charge is 0.381 e. The molecule has 2 aliphatic heterocycles. The minimum atomic E-state index is 0.000303. The average Bonchev–Trinajstić information content (AvgIpc) is 3.05. The van der Waals surface area contributed by atoms with Crippen LogP contribution in [0, 0.1) is 0 Å². The number of urea groups is 1. The SMILES string of the molecule is Cn1ccc2cccc(NC(=O)N3CCN(C4CCOCC4)CC3)c21. The van der Waals surface area contributed by atoms with Crippen molar-refractivity contribution in [2.75, 3.05) is 44.7 Å². The summed E-state index contributed by atoms with van der Waals surface area (Å²) in [7, 11) is 2.00. The van der Waals surface area contributed by atoms with E-state index in [-0.39, 0.29) is 6.03 Å². The molecule has 2 aliphatic rings. The van der Waals surface area contributed by atoms with Gasteiger partial charge in [0.1, 0.15) is 0 Å². The zero-order chi connectivity index (χ0) is 17.2. The molecule has 6 heteroatoms. The first-order chi connectivity index (χ1) is 12.2. The number of nitrogens with one attached hydrogen (secondary N) is 1. The molecule has 3 heterocycles. The Balaban J connectivity index is 1.38. The van der Waals surface area contributed by atoms with Gasteiger partial charge in [0.15, 0.2) is 0 Å². The molecule has 0 atom stereocenters. The number of nitrogens with zero attached hydrogens (tertiary/aromatic N) is 3. The van der Waals surface area contributed by atoms with E-state index in [1.165, 1.54) is 0 Å². The molecule has 6 nitrogen and oxygen atoms in total. The van der Waals surface area contributed by atoms with E-state index in [4.69, 9.17) is 4.74 Å². The van der Waals surface area contributed by atoms with Crippen LogP contribution in [-0.4, -0.2) is 65.8 Å². The number of anilines is 1. The molecule has 0 radical (unpaired) electrons. The summed E-state index contributed by atoms with van der Waals surface area (Å²) in [5, 5.41) is 4.25. The minimum Gasteiger partial charge on any atom is -0.381 e. The van der Waals surface area contributed by atoms with Crippen molar-refractivity contribution in [1.82, 2.24) is 14.4 Å². The number of ether oxygens (including phenoxy) is 1. The van der Waals surface area contributed by atoms with Crippen molar-refractivity contribution in [2.45, 2.75) is 18.9 Å². The Morgan fingerprint density at radius 2 is 1.88 bits per heavy atom. The summed E-state index contributed by atoms with van der Waals surface area (Å²) in [5.41, 5.74) is 1.94. The number of benzene rings is 1. The number of hydrogen-bond acceptors (Lipinski definition) is 3. The van der Waals surface area contributed by atoms with Crippen molar-refractivity contribution in [3.63, 3.8) is 0 Å². The van der Waals surface area contributed by atoms with Crippen molar-refractivity contribution in [3.05, 3.63) is 30.5 Å². The van der Waals surface area contributed by atoms with Crippen LogP contribution in [-0.2, 0) is 11.8 Å². The fraction of sp³-hybridized carbons (Fsp3) is 0.526. The van der Waals surface area contributed by atoms with E-state index >= 15 is 0 Å². The van der Waals surface area contributed by atoms with Gasteiger partial charge in [0.25, 0.3) is 0 Å². The second-order valence-electron chi connectivity index (χ2n) is 6.97. The van der Waals surface area contributed by atoms with Crippen molar-refractivity contribution >= 4 is 22.6 Å². The lowest BCUT2D eigenvalue weighted by Gasteiger charge is -2.40. The lowest BCUT2D eigenvalue weighted by Crippen LogP contribution is -2.53. The molecule has 4 rings (SSSR count). The van der Waals surface area contributed by atoms with Crippen LogP contribution in [0.4, 0.5) is 10.5 Å². The van der Waals surface area contributed by atoms with Gasteiger partial charge in [-0.1, -0.05) is 12.1 Å². The van der Waals surface area contributed by atoms with Gasteiger partial charge in [-0.2, -0.15) is 0 Å². The molecule has 0 spiro atoms. The maximum absolute atomic E-state index is 12.7. The topological polar surface area (TPSA) is 49.7 Å². The molecule has 1 aromatic carbocycles. The fourth-order valence-electron chi connectivity index (χ4n) is 3.99. The van der Waals surface area contributed by atoms with Gasteiger partial charge in [-0.3, -0.25) is 4.90 Å². The number of carbonyl (C=O) groups is 1. The van der Waals surface area contributed by atoms with Gasteiger partial charge in [-0.15, -0.1) is 0 Å². The lowest BCUT2D eigenvalue weighted by molar-refractivity contribution is 0.0194. The number of aromatic nitrogens is 1. The van der Waals surface area contributed by atoms with Crippen LogP contribution in [0.15, 0.2) is 30.5 Å². The molecule has 0 bridgehead atoms. The van der Waals surface area contributed by atoms with E-state index in [9.17, 15) is 4.79 Å². The van der Waals surface area contributed by atoms with Crippen molar-refractivity contribution < 1.29 is 9.53 Å². The van der Waals surface area contributed by atoms with Crippen molar-refractivity contribution in [3.8, 4) is 0 Å². The highest BCUT2D eigenvalue weighted by Gasteiger charge is 2.27. The molecule has 0 saturated carbocycles. The number of aryl methyl sites for hydroxylation is 1. The first-order valence-electron chi connectivity index (χ1n) is 9.14. The van der Waals surface area contributed by atoms with Gasteiger partial charge in [0, 0.05) is 64.1 Å². The number of hydrogen-bond donors (Lipinski definition) is 1. The Hall–Kier alpha value is -2.05. The van der Waals surface area contributed by atoms with Crippen LogP contribution in [0.25, 0.3) is 10.9 Å². The molecule has 0 unspecified atom stereocenters. The number of para-hydroxylation sites is 1. The molecule has 2 saturated heterocycles. The summed E-state index contributed by atoms with van der Waals surface area (Å²) in [6.07, 6.45) is 4.25. The third-order valence-corrected chi connectivity index (χ3v) is 5.45. The maximum atomic E-state index is 12.7. The molecule has 25 heavy (non-hydrogen) atoms. The smallest absolute Gasteiger partial charge is 0.321 e. The Labute approximate surface area is 148 Å². The van der Waals surface area contributed by atoms with Gasteiger partial charge in [-0.05, 0) is 25.0 Å². The summed E-state index contributed by atoms with van der Waals surface area (Å²) in [6.45, 7) is 5.20. The van der Waals surface area contributed by atoms with E-state index < -0.39 is 0 Å². The first kappa shape index (κ1) is 16.4. The van der Waals surface area contributed by atoms with Crippen LogP contribution >= 0.6 is 0 Å². The number of piperazine rings is 1. The van der Waals surface area contributed by atoms with Gasteiger partial charge in [0.2, 0.25) is 0 Å². The predicted octanol–water partition coefficient (Wildman–Crippen LogP) is 2.51. The lowest BCUT2D eigenvalue weighted by atomic mass is 10.1. The highest BCUT2D eigenvalue weighted by molar-refractivity contribution is 6.00. The second kappa shape index (κ2) is 7.06. The molecular weight excluding hydrogens is 316 g/mol. The highest BCUT2D eigenvalue weighted by Crippen LogP contribution is 2.24. The Kier molecular flexibility index (Phi) is 4.63. The molecule has 1 N–H and O–H groups in total. The second-order valence-corrected chi connectivity index (χ2v) is 6.97. The van der Waals surface area contributed by atoms with Crippen LogP contribution < -0.4 is 5.32 Å². The third-order valence-electron chi connectivity index (χ3n) is 5.45. The molecule has 2 fully saturated rings. The zero-order valence-electron chi connectivity index (χ0n) is 14.8. The predicted molar refractivity (Wildman–Crippen MR) is 98.9 cm³/mol. The minimum absolute atomic E-state index is 0.000303. The third kappa shape index (κ3) is 3.37. The van der Waals surface area contributed by atoms with Crippen molar-refractivity contribution in [2.24, 2.45) is 7.05 Å². The summed E-state index contributed by atoms with van der Waals surface area (Å²) < 4.78 is 7.50. The fourth-order valence-corrected chi connectivity index (χ4v) is 3.99. The van der Waals surface area contributed by atoms with Gasteiger partial charge >= 0.3 is 6.03 Å². The molecule has 2 amide bonds. The monoisotopic (exact) mass is 342 g/mol. The van der Waals surface area contributed by atoms with Gasteiger partial charge in [-0.25, -0.2) is 4.79 Å². The maximum Gasteiger partial charge on any atom is 0.321 e. The summed E-state index contributed by atoms with van der Waals surface area (Å²) >= 11 is 0. The van der Waals surface area contributed by atoms with Crippen LogP contribution in [0.3, 0.4) is 0 Å². The summed E-state index contributed by atoms with van der Waals surface area (Å²) in [5.74, 6) is 0. The number of amides is 2. The van der Waals surface area contributed by atoms with Crippen LogP contribution in [0.2, 0.25) is 0 Å². The number of fused-ring (bicyclic) bond motifs is 1. The van der Waals surface area contributed by atoms with Crippen LogP contribution in [0.5, 0.6) is 0 Å². The Morgan fingerprint density at radius 1 is 1.12 bits per heavy atom. The Bertz CT molecular complexity index is 743.